The lowest BCUT2D eigenvalue weighted by Crippen LogP contribution is -2.61. The van der Waals surface area contributed by atoms with Gasteiger partial charge in [-0.1, -0.05) is 56.7 Å². The fourth-order valence-corrected chi connectivity index (χ4v) is 8.24. The van der Waals surface area contributed by atoms with Gasteiger partial charge >= 0.3 is 11.9 Å². The molecule has 27 heteroatoms. The molecule has 0 saturated heterocycles. The summed E-state index contributed by atoms with van der Waals surface area (Å²) in [5, 5.41) is 66.8. The summed E-state index contributed by atoms with van der Waals surface area (Å²) in [6, 6.07) is 4.67. The standard InChI is InChI=1S/C54H72N12O15/c1-29(2)21-39(61-50(76)40(22-30-6-12-34(67)13-7-30)62-48(74)38(18-19-45(57)70)60-47(73)37(56)5-3-4-20-55)49(75)63-41(23-31-8-14-35(68)15-9-31)51(77)65-43(25-33-27-58-28-59-33)53(79)64-42(24-32-10-16-36(69)17-11-32)52(78)66-44(54(80)81)26-46(71)72/h6-17,27-29,37-44,67-69H,3-5,18-26,55-56H2,1-2H3,(H2,57,70)(H,58,59)(H,60,73)(H,61,76)(H,62,74)(H,63,75)(H,64,79)(H,65,77)(H,66,78)(H,71,72)(H,80,81)/t37-,38-,39-,40-,41-,42-,43-,44-/m0/s1. The Morgan fingerprint density at radius 1 is 0.519 bits per heavy atom. The summed E-state index contributed by atoms with van der Waals surface area (Å²) < 4.78 is 0. The number of benzene rings is 3. The molecule has 0 fully saturated rings. The second-order valence-electron chi connectivity index (χ2n) is 19.8. The van der Waals surface area contributed by atoms with E-state index in [-0.39, 0.29) is 74.5 Å². The molecule has 0 unspecified atom stereocenters. The first-order valence-electron chi connectivity index (χ1n) is 26.0. The van der Waals surface area contributed by atoms with Crippen LogP contribution in [0.2, 0.25) is 0 Å². The zero-order chi connectivity index (χ0) is 59.8. The van der Waals surface area contributed by atoms with Crippen LogP contribution in [0.4, 0.5) is 0 Å². The van der Waals surface area contributed by atoms with E-state index in [1.54, 1.807) is 13.8 Å². The molecule has 4 rings (SSSR count). The molecule has 0 bridgehead atoms. The first-order chi connectivity index (χ1) is 38.4. The van der Waals surface area contributed by atoms with Gasteiger partial charge in [-0.15, -0.1) is 0 Å². The minimum atomic E-state index is -1.92. The van der Waals surface area contributed by atoms with Crippen LogP contribution in [0.3, 0.4) is 0 Å². The number of amides is 8. The number of nitrogens with one attached hydrogen (secondary N) is 8. The number of imidazole rings is 1. The Balaban J connectivity index is 1.69. The van der Waals surface area contributed by atoms with Crippen molar-refractivity contribution in [3.05, 3.63) is 108 Å². The highest BCUT2D eigenvalue weighted by atomic mass is 16.4. The van der Waals surface area contributed by atoms with Crippen molar-refractivity contribution in [2.75, 3.05) is 6.54 Å². The summed E-state index contributed by atoms with van der Waals surface area (Å²) in [5.41, 5.74) is 18.6. The third-order valence-corrected chi connectivity index (χ3v) is 12.6. The minimum absolute atomic E-state index is 0.0468. The number of phenols is 3. The van der Waals surface area contributed by atoms with Crippen molar-refractivity contribution in [1.82, 2.24) is 47.2 Å². The molecule has 8 amide bonds. The lowest BCUT2D eigenvalue weighted by atomic mass is 9.99. The third-order valence-electron chi connectivity index (χ3n) is 12.6. The molecule has 0 aliphatic heterocycles. The van der Waals surface area contributed by atoms with Gasteiger partial charge in [0.25, 0.3) is 0 Å². The summed E-state index contributed by atoms with van der Waals surface area (Å²) in [6.45, 7) is 3.86. The molecule has 8 atom stereocenters. The largest absolute Gasteiger partial charge is 0.508 e. The van der Waals surface area contributed by atoms with E-state index in [0.29, 0.717) is 41.8 Å². The van der Waals surface area contributed by atoms with Gasteiger partial charge in [-0.3, -0.25) is 43.2 Å². The average molecular weight is 1130 g/mol. The van der Waals surface area contributed by atoms with Crippen molar-refractivity contribution in [2.24, 2.45) is 23.1 Å². The van der Waals surface area contributed by atoms with Crippen LogP contribution in [0.1, 0.15) is 81.2 Å². The molecule has 3 aromatic carbocycles. The Hall–Kier alpha value is -9.11. The molecular weight excluding hydrogens is 1060 g/mol. The first-order valence-corrected chi connectivity index (χ1v) is 26.0. The average Bonchev–Trinajstić information content (AvgIpc) is 3.93. The maximum atomic E-state index is 14.7. The molecule has 438 valence electrons. The van der Waals surface area contributed by atoms with Crippen LogP contribution in [-0.2, 0) is 73.6 Å². The molecule has 4 aromatic rings. The Morgan fingerprint density at radius 3 is 1.27 bits per heavy atom. The molecule has 81 heavy (non-hydrogen) atoms. The SMILES string of the molecule is CC(C)C[C@H](NC(=O)[C@H](Cc1ccc(O)cc1)NC(=O)[C@H](CCC(N)=O)NC(=O)[C@@H](N)CCCCN)C(=O)N[C@@H](Cc1ccc(O)cc1)C(=O)N[C@@H](Cc1cnc[nH]1)C(=O)N[C@@H](Cc1ccc(O)cc1)C(=O)N[C@@H](CC(=O)O)C(=O)O. The fourth-order valence-electron chi connectivity index (χ4n) is 8.24. The van der Waals surface area contributed by atoms with E-state index in [1.807, 2.05) is 0 Å². The highest BCUT2D eigenvalue weighted by Gasteiger charge is 2.36. The first kappa shape index (κ1) is 64.4. The van der Waals surface area contributed by atoms with Crippen molar-refractivity contribution in [1.29, 1.82) is 0 Å². The van der Waals surface area contributed by atoms with Gasteiger partial charge in [0.2, 0.25) is 47.3 Å². The van der Waals surface area contributed by atoms with E-state index in [2.05, 4.69) is 47.2 Å². The topological polar surface area (TPSA) is 463 Å². The van der Waals surface area contributed by atoms with E-state index in [4.69, 9.17) is 17.2 Å². The van der Waals surface area contributed by atoms with Gasteiger partial charge in [0, 0.05) is 44.0 Å². The summed E-state index contributed by atoms with van der Waals surface area (Å²) in [6.07, 6.45) is 1.16. The van der Waals surface area contributed by atoms with Crippen molar-refractivity contribution in [3.63, 3.8) is 0 Å². The normalized spacial score (nSPS) is 14.0. The van der Waals surface area contributed by atoms with E-state index < -0.39 is 114 Å². The zero-order valence-corrected chi connectivity index (χ0v) is 44.8. The highest BCUT2D eigenvalue weighted by Crippen LogP contribution is 2.17. The molecule has 1 aromatic heterocycles. The van der Waals surface area contributed by atoms with Gasteiger partial charge in [0.05, 0.1) is 18.8 Å². The van der Waals surface area contributed by atoms with Crippen molar-refractivity contribution in [2.45, 2.75) is 133 Å². The molecule has 19 N–H and O–H groups in total. The maximum absolute atomic E-state index is 14.7. The molecule has 1 heterocycles. The number of nitrogens with zero attached hydrogens (tertiary/aromatic N) is 1. The number of primary amides is 1. The number of aromatic amines is 1. The number of nitrogens with two attached hydrogens (primary N) is 3. The lowest BCUT2D eigenvalue weighted by molar-refractivity contribution is -0.147. The zero-order valence-electron chi connectivity index (χ0n) is 44.8. The molecular formula is C54H72N12O15. The molecule has 0 aliphatic carbocycles. The quantitative estimate of drug-likeness (QED) is 0.0237. The predicted molar refractivity (Wildman–Crippen MR) is 290 cm³/mol. The van der Waals surface area contributed by atoms with Gasteiger partial charge < -0.3 is 84.9 Å². The van der Waals surface area contributed by atoms with E-state index in [0.717, 1.165) is 0 Å². The monoisotopic (exact) mass is 1130 g/mol. The molecule has 0 spiro atoms. The lowest BCUT2D eigenvalue weighted by Gasteiger charge is -2.28. The van der Waals surface area contributed by atoms with Crippen LogP contribution in [0, 0.1) is 5.92 Å². The van der Waals surface area contributed by atoms with Crippen LogP contribution < -0.4 is 54.4 Å². The summed E-state index contributed by atoms with van der Waals surface area (Å²) in [4.78, 5) is 141. The number of unbranched alkanes of at least 4 members (excludes halogenated alkanes) is 1. The molecule has 0 saturated carbocycles. The third kappa shape index (κ3) is 22.6. The summed E-state index contributed by atoms with van der Waals surface area (Å²) >= 11 is 0. The maximum Gasteiger partial charge on any atom is 0.326 e. The summed E-state index contributed by atoms with van der Waals surface area (Å²) in [5.74, 6) is -11.2. The number of rotatable bonds is 34. The number of hydrogen-bond donors (Lipinski definition) is 16. The number of hydrogen-bond acceptors (Lipinski definition) is 16. The smallest absolute Gasteiger partial charge is 0.326 e. The number of H-pyrrole nitrogens is 1. The van der Waals surface area contributed by atoms with E-state index in [1.165, 1.54) is 85.3 Å². The Kier molecular flexibility index (Phi) is 25.5. The summed E-state index contributed by atoms with van der Waals surface area (Å²) in [7, 11) is 0. The van der Waals surface area contributed by atoms with E-state index in [9.17, 15) is 73.5 Å². The number of carboxylic acids is 2. The van der Waals surface area contributed by atoms with Crippen LogP contribution in [0.5, 0.6) is 17.2 Å². The number of aliphatic carboxylic acids is 2. The van der Waals surface area contributed by atoms with E-state index >= 15 is 0 Å². The predicted octanol–water partition coefficient (Wildman–Crippen LogP) is -1.48. The fraction of sp³-hybridized carbons (Fsp3) is 0.426. The minimum Gasteiger partial charge on any atom is -0.508 e. The Morgan fingerprint density at radius 2 is 0.901 bits per heavy atom. The molecule has 0 aliphatic rings. The molecule has 0 radical (unpaired) electrons. The highest BCUT2D eigenvalue weighted by molar-refractivity contribution is 5.98. The van der Waals surface area contributed by atoms with Crippen LogP contribution >= 0.6 is 0 Å². The van der Waals surface area contributed by atoms with Gasteiger partial charge in [-0.05, 0) is 91.2 Å². The number of carbonyl (C=O) groups is 10. The Labute approximate surface area is 466 Å². The van der Waals surface area contributed by atoms with Gasteiger partial charge in [0.1, 0.15) is 59.5 Å². The number of aromatic nitrogens is 2. The van der Waals surface area contributed by atoms with Crippen LogP contribution in [0.25, 0.3) is 0 Å². The van der Waals surface area contributed by atoms with Crippen molar-refractivity contribution in [3.8, 4) is 17.2 Å². The second kappa shape index (κ2) is 32.1. The van der Waals surface area contributed by atoms with Gasteiger partial charge in [-0.2, -0.15) is 0 Å². The number of carboxylic acid groups (broad SMARTS) is 2. The number of aromatic hydroxyl groups is 3. The number of carbonyl (C=O) groups excluding carboxylic acids is 8. The number of phenolic OH excluding ortho intramolecular Hbond substituents is 3. The van der Waals surface area contributed by atoms with Crippen molar-refractivity contribution >= 4 is 59.2 Å². The second-order valence-corrected chi connectivity index (χ2v) is 19.8. The Bertz CT molecular complexity index is 2760. The van der Waals surface area contributed by atoms with Gasteiger partial charge in [0.15, 0.2) is 0 Å². The molecule has 27 nitrogen and oxygen atoms in total. The van der Waals surface area contributed by atoms with Gasteiger partial charge in [-0.25, -0.2) is 9.78 Å². The van der Waals surface area contributed by atoms with Crippen LogP contribution in [-0.4, -0.2) is 150 Å². The van der Waals surface area contributed by atoms with Crippen molar-refractivity contribution < 1.29 is 73.5 Å². The van der Waals surface area contributed by atoms with Crippen LogP contribution in [0.15, 0.2) is 85.3 Å².